The number of ether oxygens (including phenoxy) is 1. The molecule has 8 heteroatoms. The van der Waals surface area contributed by atoms with Crippen LogP contribution < -0.4 is 9.75 Å². The summed E-state index contributed by atoms with van der Waals surface area (Å²) < 4.78 is 5.28. The fourth-order valence-corrected chi connectivity index (χ4v) is 4.45. The Bertz CT molecular complexity index is 960. The lowest BCUT2D eigenvalue weighted by molar-refractivity contribution is -0.136. The molecule has 164 valence electrons. The van der Waals surface area contributed by atoms with E-state index < -0.39 is 5.91 Å². The summed E-state index contributed by atoms with van der Waals surface area (Å²) in [6.07, 6.45) is 2.90. The van der Waals surface area contributed by atoms with E-state index in [9.17, 15) is 10.0 Å². The fourth-order valence-electron chi connectivity index (χ4n) is 4.23. The number of methoxy groups -OCH3 is 1. The van der Waals surface area contributed by atoms with Crippen molar-refractivity contribution in [2.24, 2.45) is 11.0 Å². The normalized spacial score (nSPS) is 21.7. The van der Waals surface area contributed by atoms with Crippen molar-refractivity contribution in [2.75, 3.05) is 25.2 Å². The van der Waals surface area contributed by atoms with E-state index in [0.717, 1.165) is 30.6 Å². The van der Waals surface area contributed by atoms with Crippen LogP contribution in [0.4, 0.5) is 5.69 Å². The van der Waals surface area contributed by atoms with Crippen LogP contribution in [0.3, 0.4) is 0 Å². The van der Waals surface area contributed by atoms with Crippen molar-refractivity contribution < 1.29 is 9.53 Å². The highest BCUT2D eigenvalue weighted by molar-refractivity contribution is 6.40. The minimum Gasteiger partial charge on any atom is -0.741 e. The summed E-state index contributed by atoms with van der Waals surface area (Å²) in [6, 6.07) is 14.7. The number of halogens is 1. The van der Waals surface area contributed by atoms with Gasteiger partial charge in [0.2, 0.25) is 0 Å². The molecule has 2 heterocycles. The lowest BCUT2D eigenvalue weighted by atomic mass is 9.91. The summed E-state index contributed by atoms with van der Waals surface area (Å²) in [4.78, 5) is 13.2. The third-order valence-corrected chi connectivity index (χ3v) is 6.24. The van der Waals surface area contributed by atoms with Crippen LogP contribution in [0.2, 0.25) is 5.02 Å². The molecule has 0 aliphatic carbocycles. The molecule has 0 N–H and O–H groups in total. The van der Waals surface area contributed by atoms with Crippen LogP contribution in [-0.2, 0) is 4.79 Å². The monoisotopic (exact) mass is 441 g/mol. The molecule has 1 fully saturated rings. The van der Waals surface area contributed by atoms with Gasteiger partial charge in [0, 0.05) is 19.0 Å². The van der Waals surface area contributed by atoms with Crippen LogP contribution >= 0.6 is 11.6 Å². The van der Waals surface area contributed by atoms with E-state index in [1.54, 1.807) is 23.2 Å². The zero-order chi connectivity index (χ0) is 22.0. The summed E-state index contributed by atoms with van der Waals surface area (Å²) in [6.45, 7) is 3.10. The molecule has 2 aliphatic heterocycles. The molecule has 2 aromatic carbocycles. The number of benzene rings is 2. The molecule has 4 rings (SSSR count). The van der Waals surface area contributed by atoms with Crippen LogP contribution in [0, 0.1) is 11.1 Å². The summed E-state index contributed by atoms with van der Waals surface area (Å²) in [5.74, 6) is -0.174. The van der Waals surface area contributed by atoms with Gasteiger partial charge < -0.3 is 15.1 Å². The van der Waals surface area contributed by atoms with Gasteiger partial charge in [-0.3, -0.25) is 9.80 Å². The maximum atomic E-state index is 13.2. The minimum absolute atomic E-state index is 0.237. The molecule has 2 aromatic rings. The number of carbonyl (C=O) groups excluding carboxylic acids is 1. The predicted octanol–water partition coefficient (Wildman–Crippen LogP) is 4.63. The molecule has 1 saturated heterocycles. The molecule has 0 aromatic heterocycles. The topological polar surface area (TPSA) is 71.4 Å². The second kappa shape index (κ2) is 9.26. The predicted molar refractivity (Wildman–Crippen MR) is 122 cm³/mol. The average Bonchev–Trinajstić information content (AvgIpc) is 3.15. The first kappa shape index (κ1) is 21.6. The molecule has 1 amide bonds. The SMILES string of the molecule is COc1ccc([C@@H]2[C@H](C)C(C(=O)N([O-])N3CCCCC3)=NN2c2ccccc2Cl)cc1. The van der Waals surface area contributed by atoms with Gasteiger partial charge in [-0.15, -0.1) is 0 Å². The van der Waals surface area contributed by atoms with E-state index in [1.165, 1.54) is 0 Å². The molecule has 0 unspecified atom stereocenters. The smallest absolute Gasteiger partial charge is 0.274 e. The Morgan fingerprint density at radius 3 is 2.45 bits per heavy atom. The standard InChI is InChI=1S/C23H26ClN4O3/c1-16-21(23(29)28(30)26-14-6-3-7-15-26)25-27(20-9-5-4-8-19(20)24)22(16)17-10-12-18(31-2)13-11-17/h4-5,8-13,16,22H,3,6-7,14-15H2,1-2H3/q-1/t16-,22+/m1/s1. The molecule has 31 heavy (non-hydrogen) atoms. The van der Waals surface area contributed by atoms with Crippen molar-refractivity contribution in [3.05, 3.63) is 64.3 Å². The summed E-state index contributed by atoms with van der Waals surface area (Å²) >= 11 is 6.47. The van der Waals surface area contributed by atoms with E-state index in [0.29, 0.717) is 29.0 Å². The molecular formula is C23H26ClN4O3-. The molecule has 0 radical (unpaired) electrons. The zero-order valence-electron chi connectivity index (χ0n) is 17.7. The van der Waals surface area contributed by atoms with Gasteiger partial charge in [0.15, 0.2) is 0 Å². The number of hydrazine groups is 1. The number of nitrogens with zero attached hydrogens (tertiary/aromatic N) is 4. The van der Waals surface area contributed by atoms with Crippen LogP contribution in [0.15, 0.2) is 53.6 Å². The average molecular weight is 442 g/mol. The van der Waals surface area contributed by atoms with Crippen LogP contribution in [-0.4, -0.2) is 42.0 Å². The van der Waals surface area contributed by atoms with Gasteiger partial charge in [-0.05, 0) is 42.7 Å². The second-order valence-electron chi connectivity index (χ2n) is 7.88. The van der Waals surface area contributed by atoms with Crippen molar-refractivity contribution in [2.45, 2.75) is 32.2 Å². The second-order valence-corrected chi connectivity index (χ2v) is 8.29. The highest BCUT2D eigenvalue weighted by Gasteiger charge is 2.41. The van der Waals surface area contributed by atoms with Gasteiger partial charge in [-0.25, -0.2) is 5.01 Å². The highest BCUT2D eigenvalue weighted by atomic mass is 35.5. The van der Waals surface area contributed by atoms with Crippen molar-refractivity contribution >= 4 is 28.9 Å². The lowest BCUT2D eigenvalue weighted by Crippen LogP contribution is -2.48. The highest BCUT2D eigenvalue weighted by Crippen LogP contribution is 2.42. The Balaban J connectivity index is 1.69. The number of amides is 1. The Hall–Kier alpha value is -2.61. The van der Waals surface area contributed by atoms with Crippen molar-refractivity contribution in [1.82, 2.24) is 10.2 Å². The summed E-state index contributed by atoms with van der Waals surface area (Å²) in [5.41, 5.74) is 1.88. The number of anilines is 1. The number of carbonyl (C=O) groups is 1. The first-order valence-corrected chi connectivity index (χ1v) is 10.9. The van der Waals surface area contributed by atoms with Gasteiger partial charge in [-0.1, -0.05) is 49.2 Å². The number of hydroxylamine groups is 1. The van der Waals surface area contributed by atoms with Gasteiger partial charge in [0.25, 0.3) is 5.91 Å². The first-order valence-electron chi connectivity index (χ1n) is 10.5. The van der Waals surface area contributed by atoms with E-state index in [4.69, 9.17) is 16.3 Å². The number of rotatable bonds is 5. The van der Waals surface area contributed by atoms with E-state index in [-0.39, 0.29) is 17.7 Å². The van der Waals surface area contributed by atoms with E-state index >= 15 is 0 Å². The quantitative estimate of drug-likeness (QED) is 0.632. The van der Waals surface area contributed by atoms with Gasteiger partial charge >= 0.3 is 0 Å². The molecule has 2 atom stereocenters. The minimum atomic E-state index is -0.609. The Labute approximate surface area is 187 Å². The largest absolute Gasteiger partial charge is 0.741 e. The Kier molecular flexibility index (Phi) is 6.46. The first-order chi connectivity index (χ1) is 15.0. The zero-order valence-corrected chi connectivity index (χ0v) is 18.5. The summed E-state index contributed by atoms with van der Waals surface area (Å²) in [5, 5.41) is 21.8. The number of para-hydroxylation sites is 1. The van der Waals surface area contributed by atoms with Crippen molar-refractivity contribution in [3.8, 4) is 5.75 Å². The number of hydrogen-bond acceptors (Lipinski definition) is 6. The van der Waals surface area contributed by atoms with E-state index in [1.807, 2.05) is 49.4 Å². The van der Waals surface area contributed by atoms with Crippen LogP contribution in [0.1, 0.15) is 37.8 Å². The van der Waals surface area contributed by atoms with Gasteiger partial charge in [0.1, 0.15) is 11.5 Å². The molecule has 0 saturated carbocycles. The summed E-state index contributed by atoms with van der Waals surface area (Å²) in [7, 11) is 1.62. The molecule has 7 nitrogen and oxygen atoms in total. The van der Waals surface area contributed by atoms with Crippen molar-refractivity contribution in [3.63, 3.8) is 0 Å². The third kappa shape index (κ3) is 4.26. The Morgan fingerprint density at radius 1 is 1.13 bits per heavy atom. The van der Waals surface area contributed by atoms with E-state index in [2.05, 4.69) is 5.10 Å². The molecular weight excluding hydrogens is 416 g/mol. The van der Waals surface area contributed by atoms with Gasteiger partial charge in [-0.2, -0.15) is 5.10 Å². The maximum Gasteiger partial charge on any atom is 0.274 e. The fraction of sp³-hybridized carbons (Fsp3) is 0.391. The molecule has 2 aliphatic rings. The number of hydrazone groups is 1. The van der Waals surface area contributed by atoms with Gasteiger partial charge in [0.05, 0.1) is 23.9 Å². The number of piperidine rings is 1. The van der Waals surface area contributed by atoms with Crippen molar-refractivity contribution in [1.29, 1.82) is 0 Å². The Morgan fingerprint density at radius 2 is 1.81 bits per heavy atom. The third-order valence-electron chi connectivity index (χ3n) is 5.92. The number of hydrogen-bond donors (Lipinski definition) is 0. The maximum absolute atomic E-state index is 13.2. The molecule has 0 bridgehead atoms. The van der Waals surface area contributed by atoms with Crippen LogP contribution in [0.5, 0.6) is 5.75 Å². The lowest BCUT2D eigenvalue weighted by Gasteiger charge is -2.41. The van der Waals surface area contributed by atoms with Crippen LogP contribution in [0.25, 0.3) is 0 Å². The molecule has 0 spiro atoms.